The van der Waals surface area contributed by atoms with E-state index in [0.29, 0.717) is 19.8 Å². The summed E-state index contributed by atoms with van der Waals surface area (Å²) in [6, 6.07) is 0. The Morgan fingerprint density at radius 2 is 2.00 bits per heavy atom. The fraction of sp³-hybridized carbons (Fsp3) is 0.778. The van der Waals surface area contributed by atoms with Gasteiger partial charge in [0.15, 0.2) is 0 Å². The third-order valence-corrected chi connectivity index (χ3v) is 2.57. The quantitative estimate of drug-likeness (QED) is 0.617. The molecule has 1 amide bonds. The molecule has 0 aromatic heterocycles. The number of aliphatic carboxylic acids is 1. The second-order valence-corrected chi connectivity index (χ2v) is 3.91. The van der Waals surface area contributed by atoms with Crippen molar-refractivity contribution in [3.8, 4) is 0 Å². The fourth-order valence-electron chi connectivity index (χ4n) is 1.41. The van der Waals surface area contributed by atoms with E-state index >= 15 is 0 Å². The van der Waals surface area contributed by atoms with Crippen LogP contribution in [0, 0.1) is 5.41 Å². The van der Waals surface area contributed by atoms with E-state index in [1.807, 2.05) is 6.92 Å². The predicted molar refractivity (Wildman–Crippen MR) is 48.8 cm³/mol. The maximum Gasteiger partial charge on any atom is 0.394 e. The van der Waals surface area contributed by atoms with E-state index in [4.69, 9.17) is 9.84 Å². The molecule has 0 spiro atoms. The standard InChI is InChI=1S/C9H15NO4/c1-9(2-4-14-5-3-9)6-10-7(11)8(12)13/h2-6H2,1H3,(H,10,11)(H,12,13). The number of carboxylic acid groups (broad SMARTS) is 1. The lowest BCUT2D eigenvalue weighted by molar-refractivity contribution is -0.150. The molecule has 1 heterocycles. The molecule has 5 nitrogen and oxygen atoms in total. The number of nitrogens with one attached hydrogen (secondary N) is 1. The lowest BCUT2D eigenvalue weighted by Crippen LogP contribution is -2.41. The summed E-state index contributed by atoms with van der Waals surface area (Å²) in [5.41, 5.74) is -0.0244. The molecule has 0 atom stereocenters. The topological polar surface area (TPSA) is 75.6 Å². The highest BCUT2D eigenvalue weighted by molar-refractivity contribution is 6.31. The van der Waals surface area contributed by atoms with Crippen LogP contribution in [0.5, 0.6) is 0 Å². The SMILES string of the molecule is CC1(CNC(=O)C(=O)O)CCOCC1. The molecule has 0 unspecified atom stereocenters. The van der Waals surface area contributed by atoms with Gasteiger partial charge >= 0.3 is 11.9 Å². The Kier molecular flexibility index (Phi) is 3.46. The molecule has 5 heteroatoms. The summed E-state index contributed by atoms with van der Waals surface area (Å²) in [6.07, 6.45) is 1.71. The minimum Gasteiger partial charge on any atom is -0.474 e. The van der Waals surface area contributed by atoms with Crippen LogP contribution in [0.25, 0.3) is 0 Å². The van der Waals surface area contributed by atoms with Crippen molar-refractivity contribution in [1.82, 2.24) is 5.32 Å². The van der Waals surface area contributed by atoms with Crippen LogP contribution in [0.4, 0.5) is 0 Å². The average Bonchev–Trinajstić information content (AvgIpc) is 2.15. The monoisotopic (exact) mass is 201 g/mol. The zero-order valence-electron chi connectivity index (χ0n) is 8.21. The van der Waals surface area contributed by atoms with Crippen LogP contribution in [0.1, 0.15) is 19.8 Å². The number of carbonyl (C=O) groups is 2. The molecule has 1 aliphatic rings. The van der Waals surface area contributed by atoms with Gasteiger partial charge in [0, 0.05) is 19.8 Å². The number of hydrogen-bond donors (Lipinski definition) is 2. The number of rotatable bonds is 2. The molecular formula is C9H15NO4. The van der Waals surface area contributed by atoms with Gasteiger partial charge in [-0.25, -0.2) is 4.79 Å². The maximum atomic E-state index is 10.8. The van der Waals surface area contributed by atoms with Gasteiger partial charge in [0.2, 0.25) is 0 Å². The van der Waals surface area contributed by atoms with E-state index in [9.17, 15) is 9.59 Å². The highest BCUT2D eigenvalue weighted by Crippen LogP contribution is 2.28. The summed E-state index contributed by atoms with van der Waals surface area (Å²) in [5, 5.41) is 10.8. The van der Waals surface area contributed by atoms with Crippen molar-refractivity contribution in [3.63, 3.8) is 0 Å². The summed E-state index contributed by atoms with van der Waals surface area (Å²) in [4.78, 5) is 21.0. The van der Waals surface area contributed by atoms with Gasteiger partial charge in [0.05, 0.1) is 0 Å². The summed E-state index contributed by atoms with van der Waals surface area (Å²) in [7, 11) is 0. The molecule has 0 aromatic rings. The molecule has 1 aliphatic heterocycles. The van der Waals surface area contributed by atoms with Gasteiger partial charge in [0.25, 0.3) is 0 Å². The summed E-state index contributed by atoms with van der Waals surface area (Å²) >= 11 is 0. The van der Waals surface area contributed by atoms with Crippen molar-refractivity contribution < 1.29 is 19.4 Å². The van der Waals surface area contributed by atoms with Crippen LogP contribution < -0.4 is 5.32 Å². The van der Waals surface area contributed by atoms with Crippen molar-refractivity contribution in [2.75, 3.05) is 19.8 Å². The van der Waals surface area contributed by atoms with E-state index in [2.05, 4.69) is 5.32 Å². The van der Waals surface area contributed by atoms with Gasteiger partial charge in [-0.3, -0.25) is 4.79 Å². The van der Waals surface area contributed by atoms with Crippen molar-refractivity contribution in [2.45, 2.75) is 19.8 Å². The second-order valence-electron chi connectivity index (χ2n) is 3.91. The molecule has 1 saturated heterocycles. The Balaban J connectivity index is 2.35. The first-order chi connectivity index (χ1) is 6.53. The number of hydrogen-bond acceptors (Lipinski definition) is 3. The Bertz CT molecular complexity index is 233. The molecule has 0 aromatic carbocycles. The molecule has 0 bridgehead atoms. The summed E-state index contributed by atoms with van der Waals surface area (Å²) < 4.78 is 5.19. The summed E-state index contributed by atoms with van der Waals surface area (Å²) in [6.45, 7) is 3.79. The van der Waals surface area contributed by atoms with E-state index in [-0.39, 0.29) is 5.41 Å². The lowest BCUT2D eigenvalue weighted by Gasteiger charge is -2.33. The van der Waals surface area contributed by atoms with Crippen LogP contribution in [-0.2, 0) is 14.3 Å². The third-order valence-electron chi connectivity index (χ3n) is 2.57. The number of carbonyl (C=O) groups excluding carboxylic acids is 1. The molecule has 0 saturated carbocycles. The Hall–Kier alpha value is -1.10. The first-order valence-corrected chi connectivity index (χ1v) is 4.62. The first-order valence-electron chi connectivity index (χ1n) is 4.62. The fourth-order valence-corrected chi connectivity index (χ4v) is 1.41. The van der Waals surface area contributed by atoms with E-state index in [1.54, 1.807) is 0 Å². The molecule has 2 N–H and O–H groups in total. The molecule has 0 aliphatic carbocycles. The smallest absolute Gasteiger partial charge is 0.394 e. The zero-order valence-corrected chi connectivity index (χ0v) is 8.21. The minimum absolute atomic E-state index is 0.0244. The van der Waals surface area contributed by atoms with Gasteiger partial charge in [-0.05, 0) is 18.3 Å². The van der Waals surface area contributed by atoms with E-state index in [1.165, 1.54) is 0 Å². The molecule has 0 radical (unpaired) electrons. The van der Waals surface area contributed by atoms with Crippen LogP contribution in [0.15, 0.2) is 0 Å². The van der Waals surface area contributed by atoms with Crippen LogP contribution >= 0.6 is 0 Å². The van der Waals surface area contributed by atoms with Gasteiger partial charge in [-0.15, -0.1) is 0 Å². The zero-order chi connectivity index (χ0) is 10.6. The molecule has 1 rings (SSSR count). The Morgan fingerprint density at radius 3 is 2.50 bits per heavy atom. The largest absolute Gasteiger partial charge is 0.474 e. The van der Waals surface area contributed by atoms with Crippen LogP contribution in [0.2, 0.25) is 0 Å². The van der Waals surface area contributed by atoms with Crippen molar-refractivity contribution in [1.29, 1.82) is 0 Å². The van der Waals surface area contributed by atoms with Crippen molar-refractivity contribution in [2.24, 2.45) is 5.41 Å². The van der Waals surface area contributed by atoms with Gasteiger partial charge in [-0.2, -0.15) is 0 Å². The molecule has 80 valence electrons. The second kappa shape index (κ2) is 4.41. The highest BCUT2D eigenvalue weighted by atomic mass is 16.5. The lowest BCUT2D eigenvalue weighted by atomic mass is 9.82. The Labute approximate surface area is 82.4 Å². The van der Waals surface area contributed by atoms with Crippen LogP contribution in [0.3, 0.4) is 0 Å². The van der Waals surface area contributed by atoms with Crippen molar-refractivity contribution in [3.05, 3.63) is 0 Å². The summed E-state index contributed by atoms with van der Waals surface area (Å²) in [5.74, 6) is -2.36. The van der Waals surface area contributed by atoms with Gasteiger partial charge in [-0.1, -0.05) is 6.92 Å². The molecular weight excluding hydrogens is 186 g/mol. The van der Waals surface area contributed by atoms with E-state index in [0.717, 1.165) is 12.8 Å². The number of ether oxygens (including phenoxy) is 1. The minimum atomic E-state index is -1.43. The number of amides is 1. The number of carboxylic acids is 1. The van der Waals surface area contributed by atoms with Crippen LogP contribution in [-0.4, -0.2) is 36.7 Å². The normalized spacial score (nSPS) is 20.1. The van der Waals surface area contributed by atoms with E-state index < -0.39 is 11.9 Å². The van der Waals surface area contributed by atoms with Gasteiger partial charge < -0.3 is 15.2 Å². The first kappa shape index (κ1) is 11.0. The Morgan fingerprint density at radius 1 is 1.43 bits per heavy atom. The van der Waals surface area contributed by atoms with Crippen molar-refractivity contribution >= 4 is 11.9 Å². The maximum absolute atomic E-state index is 10.8. The molecule has 14 heavy (non-hydrogen) atoms. The predicted octanol–water partition coefficient (Wildman–Crippen LogP) is 0.00390. The third kappa shape index (κ3) is 2.99. The molecule has 1 fully saturated rings. The van der Waals surface area contributed by atoms with Gasteiger partial charge in [0.1, 0.15) is 0 Å². The average molecular weight is 201 g/mol. The highest BCUT2D eigenvalue weighted by Gasteiger charge is 2.28.